The molecule has 1 aliphatic heterocycles. The van der Waals surface area contributed by atoms with Crippen molar-refractivity contribution in [3.63, 3.8) is 0 Å². The van der Waals surface area contributed by atoms with Gasteiger partial charge in [-0.3, -0.25) is 19.2 Å². The van der Waals surface area contributed by atoms with Crippen molar-refractivity contribution in [3.05, 3.63) is 76.1 Å². The molecule has 1 aromatic carbocycles. The molecule has 14 nitrogen and oxygen atoms in total. The Bertz CT molecular complexity index is 1890. The number of hydrogen-bond donors (Lipinski definition) is 3. The van der Waals surface area contributed by atoms with Crippen molar-refractivity contribution in [1.82, 2.24) is 50.4 Å². The first-order valence-electron chi connectivity index (χ1n) is 16.9. The Labute approximate surface area is 302 Å². The Morgan fingerprint density at radius 3 is 2.44 bits per heavy atom. The van der Waals surface area contributed by atoms with Crippen molar-refractivity contribution in [1.29, 1.82) is 0 Å². The smallest absolute Gasteiger partial charge is 0.354 e. The number of benzene rings is 1. The Balaban J connectivity index is 1.39. The molecule has 5 rings (SSSR count). The lowest BCUT2D eigenvalue weighted by molar-refractivity contribution is -0.142. The van der Waals surface area contributed by atoms with Crippen LogP contribution in [0, 0.1) is 19.8 Å². The van der Waals surface area contributed by atoms with Crippen molar-refractivity contribution in [2.75, 3.05) is 19.6 Å². The first kappa shape index (κ1) is 38.1. The minimum absolute atomic E-state index is 0.0238. The van der Waals surface area contributed by atoms with Crippen LogP contribution in [-0.4, -0.2) is 83.7 Å². The number of nitrogens with zero attached hydrogens (tertiary/aromatic N) is 7. The summed E-state index contributed by atoms with van der Waals surface area (Å²) in [6, 6.07) is 8.58. The highest BCUT2D eigenvalue weighted by molar-refractivity contribution is 7.12. The molecular weight excluding hydrogens is 702 g/mol. The van der Waals surface area contributed by atoms with E-state index in [1.54, 1.807) is 6.92 Å². The minimum Gasteiger partial charge on any atom is -0.354 e. The third-order valence-electron chi connectivity index (χ3n) is 8.34. The fraction of sp³-hybridized carbons (Fsp3) is 0.471. The van der Waals surface area contributed by atoms with Crippen LogP contribution in [0.5, 0.6) is 0 Å². The second-order valence-electron chi connectivity index (χ2n) is 12.9. The molecule has 0 fully saturated rings. The maximum atomic E-state index is 13.8. The maximum absolute atomic E-state index is 13.8. The molecule has 52 heavy (non-hydrogen) atoms. The van der Waals surface area contributed by atoms with E-state index in [1.807, 2.05) is 44.2 Å². The third-order valence-corrected chi connectivity index (χ3v) is 9.15. The van der Waals surface area contributed by atoms with Crippen LogP contribution >= 0.6 is 11.3 Å². The molecule has 0 radical (unpaired) electrons. The number of thiazole rings is 1. The van der Waals surface area contributed by atoms with Gasteiger partial charge in [-0.05, 0) is 44.2 Å². The fourth-order valence-electron chi connectivity index (χ4n) is 5.83. The van der Waals surface area contributed by atoms with Gasteiger partial charge in [0.05, 0.1) is 11.7 Å². The van der Waals surface area contributed by atoms with Gasteiger partial charge in [-0.2, -0.15) is 23.4 Å². The fourth-order valence-corrected chi connectivity index (χ4v) is 6.59. The van der Waals surface area contributed by atoms with Gasteiger partial charge < -0.3 is 20.9 Å². The van der Waals surface area contributed by atoms with Gasteiger partial charge in [0, 0.05) is 37.9 Å². The van der Waals surface area contributed by atoms with Crippen molar-refractivity contribution in [2.45, 2.75) is 78.2 Å². The molecule has 278 valence electrons. The molecule has 0 unspecified atom stereocenters. The molecule has 0 spiro atoms. The third kappa shape index (κ3) is 9.59. The highest BCUT2D eigenvalue weighted by Gasteiger charge is 2.37. The second kappa shape index (κ2) is 16.5. The molecule has 0 bridgehead atoms. The van der Waals surface area contributed by atoms with E-state index in [4.69, 9.17) is 0 Å². The van der Waals surface area contributed by atoms with E-state index in [1.165, 1.54) is 21.9 Å². The second-order valence-corrected chi connectivity index (χ2v) is 13.7. The number of aryl methyl sites for hydroxylation is 2. The van der Waals surface area contributed by atoms with Gasteiger partial charge in [-0.15, -0.1) is 11.3 Å². The monoisotopic (exact) mass is 742 g/mol. The molecule has 2 atom stereocenters. The van der Waals surface area contributed by atoms with Crippen LogP contribution in [0.25, 0.3) is 5.13 Å². The number of carbonyl (C=O) groups excluding carboxylic acids is 4. The van der Waals surface area contributed by atoms with Gasteiger partial charge in [-0.25, -0.2) is 19.3 Å². The lowest BCUT2D eigenvalue weighted by Gasteiger charge is -2.26. The Hall–Kier alpha value is -5.13. The lowest BCUT2D eigenvalue weighted by Crippen LogP contribution is -2.50. The van der Waals surface area contributed by atoms with Gasteiger partial charge in [0.2, 0.25) is 22.9 Å². The molecule has 0 aliphatic carbocycles. The number of amides is 4. The summed E-state index contributed by atoms with van der Waals surface area (Å²) in [5.74, 6) is -1.07. The summed E-state index contributed by atoms with van der Waals surface area (Å²) < 4.78 is 43.1. The van der Waals surface area contributed by atoms with Gasteiger partial charge in [-0.1, -0.05) is 44.2 Å². The molecule has 3 N–H and O–H groups in total. The van der Waals surface area contributed by atoms with Crippen LogP contribution in [0.3, 0.4) is 0 Å². The summed E-state index contributed by atoms with van der Waals surface area (Å²) in [7, 11) is 0. The standard InChI is InChI=1S/C34H41F3N10O4S/c1-20(2)29-30-39-22(4)44-46(30)18-28(49)38-13-9-15-45(14-8-12-27(48)40-24(31(50)42-29)17-23-10-6-5-7-11-23)32(51)25-19-52-33(41-25)47-26(34(35,36)37)16-21(3)43-47/h5-7,10-11,16,19-20,24,29H,8-9,12-15,17-18H2,1-4H3,(H,38,49)(H,40,48)(H,42,50)/t24-,29+/m1/s1. The summed E-state index contributed by atoms with van der Waals surface area (Å²) in [6.45, 7) is 7.23. The quantitative estimate of drug-likeness (QED) is 0.279. The van der Waals surface area contributed by atoms with Gasteiger partial charge in [0.15, 0.2) is 11.5 Å². The van der Waals surface area contributed by atoms with E-state index in [0.717, 1.165) is 23.0 Å². The lowest BCUT2D eigenvalue weighted by atomic mass is 10.0. The first-order chi connectivity index (χ1) is 24.7. The molecule has 0 saturated carbocycles. The molecule has 4 amide bonds. The molecule has 1 aliphatic rings. The van der Waals surface area contributed by atoms with Crippen LogP contribution in [0.2, 0.25) is 0 Å². The number of halogens is 3. The molecule has 3 aromatic heterocycles. The average Bonchev–Trinajstić information content (AvgIpc) is 3.82. The van der Waals surface area contributed by atoms with Crippen molar-refractivity contribution < 1.29 is 32.3 Å². The van der Waals surface area contributed by atoms with Crippen LogP contribution < -0.4 is 16.0 Å². The zero-order valence-corrected chi connectivity index (χ0v) is 30.1. The van der Waals surface area contributed by atoms with E-state index in [9.17, 15) is 32.3 Å². The number of nitrogens with one attached hydrogen (secondary N) is 3. The number of carbonyl (C=O) groups is 4. The van der Waals surface area contributed by atoms with E-state index in [0.29, 0.717) is 22.8 Å². The molecular formula is C34H41F3N10O4S. The van der Waals surface area contributed by atoms with Gasteiger partial charge in [0.1, 0.15) is 24.1 Å². The zero-order valence-electron chi connectivity index (χ0n) is 29.2. The molecule has 4 aromatic rings. The zero-order chi connectivity index (χ0) is 37.6. The summed E-state index contributed by atoms with van der Waals surface area (Å²) in [5.41, 5.74) is -0.121. The molecule has 4 heterocycles. The normalized spacial score (nSPS) is 18.6. The number of aromatic nitrogens is 6. The number of rotatable bonds is 5. The summed E-state index contributed by atoms with van der Waals surface area (Å²) in [5, 5.41) is 18.3. The first-order valence-corrected chi connectivity index (χ1v) is 17.8. The SMILES string of the molecule is Cc1cc(C(F)(F)F)n(-c2nc(C(=O)N3CCCNC(=O)Cn4nc(C)nc4[C@H](C(C)C)NC(=O)[C@@H](Cc4ccccc4)NC(=O)CCC3)cs2)n1. The average molecular weight is 743 g/mol. The highest BCUT2D eigenvalue weighted by atomic mass is 32.1. The summed E-state index contributed by atoms with van der Waals surface area (Å²) in [4.78, 5) is 64.1. The Morgan fingerprint density at radius 2 is 1.73 bits per heavy atom. The van der Waals surface area contributed by atoms with E-state index in [-0.39, 0.29) is 73.8 Å². The van der Waals surface area contributed by atoms with Crippen molar-refractivity contribution in [2.24, 2.45) is 5.92 Å². The van der Waals surface area contributed by atoms with Crippen LogP contribution in [-0.2, 0) is 33.5 Å². The van der Waals surface area contributed by atoms with Crippen molar-refractivity contribution >= 4 is 35.0 Å². The summed E-state index contributed by atoms with van der Waals surface area (Å²) >= 11 is 0.844. The number of hydrogen-bond acceptors (Lipinski definition) is 9. The maximum Gasteiger partial charge on any atom is 0.433 e. The van der Waals surface area contributed by atoms with Gasteiger partial charge >= 0.3 is 6.18 Å². The Morgan fingerprint density at radius 1 is 1.00 bits per heavy atom. The summed E-state index contributed by atoms with van der Waals surface area (Å²) in [6.07, 6.45) is -3.94. The topological polar surface area (TPSA) is 169 Å². The Kier molecular flexibility index (Phi) is 12.1. The highest BCUT2D eigenvalue weighted by Crippen LogP contribution is 2.32. The number of alkyl halides is 3. The van der Waals surface area contributed by atoms with Crippen LogP contribution in [0.4, 0.5) is 13.2 Å². The van der Waals surface area contributed by atoms with E-state index < -0.39 is 41.7 Å². The largest absolute Gasteiger partial charge is 0.433 e. The van der Waals surface area contributed by atoms with Crippen LogP contribution in [0.1, 0.15) is 78.2 Å². The molecule has 18 heteroatoms. The predicted octanol–water partition coefficient (Wildman–Crippen LogP) is 3.54. The van der Waals surface area contributed by atoms with E-state index >= 15 is 0 Å². The molecule has 0 saturated heterocycles. The van der Waals surface area contributed by atoms with Crippen molar-refractivity contribution in [3.8, 4) is 5.13 Å². The predicted molar refractivity (Wildman–Crippen MR) is 184 cm³/mol. The van der Waals surface area contributed by atoms with Gasteiger partial charge in [0.25, 0.3) is 5.91 Å². The minimum atomic E-state index is -4.68. The van der Waals surface area contributed by atoms with Crippen LogP contribution in [0.15, 0.2) is 41.8 Å². The van der Waals surface area contributed by atoms with E-state index in [2.05, 4.69) is 36.1 Å². The number of fused-ring (bicyclic) bond motifs is 1.